The molecule has 2 aromatic rings. The number of halogens is 1. The van der Waals surface area contributed by atoms with E-state index in [4.69, 9.17) is 4.52 Å². The first-order chi connectivity index (χ1) is 7.40. The maximum Gasteiger partial charge on any atom is 0.257 e. The minimum absolute atomic E-state index is 0. The smallest absolute Gasteiger partial charge is 0.257 e. The summed E-state index contributed by atoms with van der Waals surface area (Å²) in [6.45, 7) is 0.855. The lowest BCUT2D eigenvalue weighted by Gasteiger charge is -1.91. The molecule has 0 aliphatic carbocycles. The maximum absolute atomic E-state index is 5.16. The Morgan fingerprint density at radius 1 is 1.25 bits per heavy atom. The van der Waals surface area contributed by atoms with E-state index in [-0.39, 0.29) is 12.4 Å². The van der Waals surface area contributed by atoms with Gasteiger partial charge in [-0.1, -0.05) is 23.4 Å². The lowest BCUT2D eigenvalue weighted by molar-refractivity contribution is 0.422. The van der Waals surface area contributed by atoms with Crippen molar-refractivity contribution in [3.8, 4) is 11.5 Å². The molecule has 0 fully saturated rings. The predicted molar refractivity (Wildman–Crippen MR) is 64.6 cm³/mol. The number of benzene rings is 1. The van der Waals surface area contributed by atoms with Gasteiger partial charge in [-0.05, 0) is 19.2 Å². The summed E-state index contributed by atoms with van der Waals surface area (Å²) in [7, 11) is 1.90. The summed E-state index contributed by atoms with van der Waals surface area (Å²) in [5, 5.41) is 6.95. The molecule has 86 valence electrons. The molecule has 0 saturated heterocycles. The number of aromatic nitrogens is 2. The molecular formula is C11H14ClN3O. The van der Waals surface area contributed by atoms with Crippen LogP contribution < -0.4 is 5.32 Å². The van der Waals surface area contributed by atoms with Crippen molar-refractivity contribution in [2.75, 3.05) is 13.6 Å². The van der Waals surface area contributed by atoms with E-state index in [1.807, 2.05) is 37.4 Å². The third kappa shape index (κ3) is 3.05. The Kier molecular flexibility index (Phi) is 4.95. The fourth-order valence-corrected chi connectivity index (χ4v) is 1.29. The van der Waals surface area contributed by atoms with Crippen molar-refractivity contribution in [3.05, 3.63) is 36.2 Å². The van der Waals surface area contributed by atoms with Crippen molar-refractivity contribution in [3.63, 3.8) is 0 Å². The third-order valence-corrected chi connectivity index (χ3v) is 2.09. The van der Waals surface area contributed by atoms with Crippen LogP contribution in [-0.4, -0.2) is 23.7 Å². The molecule has 4 nitrogen and oxygen atoms in total. The number of rotatable bonds is 4. The standard InChI is InChI=1S/C11H13N3O.ClH/c1-12-8-7-10-13-11(15-14-10)9-5-3-2-4-6-9;/h2-6,12H,7-8H2,1H3;1H. The SMILES string of the molecule is CNCCc1noc(-c2ccccc2)n1.Cl. The summed E-state index contributed by atoms with van der Waals surface area (Å²) in [5.74, 6) is 1.32. The Balaban J connectivity index is 0.00000128. The van der Waals surface area contributed by atoms with E-state index in [0.29, 0.717) is 5.89 Å². The lowest BCUT2D eigenvalue weighted by atomic mass is 10.2. The van der Waals surface area contributed by atoms with Gasteiger partial charge in [-0.25, -0.2) is 0 Å². The molecular weight excluding hydrogens is 226 g/mol. The monoisotopic (exact) mass is 239 g/mol. The summed E-state index contributed by atoms with van der Waals surface area (Å²) in [6.07, 6.45) is 0.785. The van der Waals surface area contributed by atoms with E-state index in [1.54, 1.807) is 0 Å². The number of likely N-dealkylation sites (N-methyl/N-ethyl adjacent to an activating group) is 1. The molecule has 0 radical (unpaired) electrons. The summed E-state index contributed by atoms with van der Waals surface area (Å²) >= 11 is 0. The van der Waals surface area contributed by atoms with E-state index in [0.717, 1.165) is 24.4 Å². The summed E-state index contributed by atoms with van der Waals surface area (Å²) in [6, 6.07) is 9.77. The van der Waals surface area contributed by atoms with Crippen LogP contribution in [0.2, 0.25) is 0 Å². The van der Waals surface area contributed by atoms with Crippen LogP contribution in [0.4, 0.5) is 0 Å². The average Bonchev–Trinajstić information content (AvgIpc) is 2.76. The first-order valence-corrected chi connectivity index (χ1v) is 4.93. The molecule has 2 rings (SSSR count). The van der Waals surface area contributed by atoms with Gasteiger partial charge in [-0.3, -0.25) is 0 Å². The fourth-order valence-electron chi connectivity index (χ4n) is 1.29. The molecule has 0 spiro atoms. The molecule has 0 aliphatic rings. The van der Waals surface area contributed by atoms with E-state index in [9.17, 15) is 0 Å². The van der Waals surface area contributed by atoms with Gasteiger partial charge in [0.1, 0.15) is 0 Å². The molecule has 0 amide bonds. The van der Waals surface area contributed by atoms with Crippen molar-refractivity contribution in [2.45, 2.75) is 6.42 Å². The van der Waals surface area contributed by atoms with E-state index in [2.05, 4.69) is 15.5 Å². The summed E-state index contributed by atoms with van der Waals surface area (Å²) < 4.78 is 5.16. The normalized spacial score (nSPS) is 9.81. The molecule has 1 heterocycles. The molecule has 0 unspecified atom stereocenters. The van der Waals surface area contributed by atoms with Crippen LogP contribution in [0.15, 0.2) is 34.9 Å². The van der Waals surface area contributed by atoms with Crippen LogP contribution in [0.5, 0.6) is 0 Å². The number of hydrogen-bond donors (Lipinski definition) is 1. The Morgan fingerprint density at radius 2 is 2.00 bits per heavy atom. The maximum atomic E-state index is 5.16. The molecule has 5 heteroatoms. The second-order valence-corrected chi connectivity index (χ2v) is 3.24. The van der Waals surface area contributed by atoms with Gasteiger partial charge in [0.2, 0.25) is 0 Å². The van der Waals surface area contributed by atoms with Crippen LogP contribution in [0, 0.1) is 0 Å². The average molecular weight is 240 g/mol. The lowest BCUT2D eigenvalue weighted by Crippen LogP contribution is -2.10. The Hall–Kier alpha value is -1.39. The zero-order valence-corrected chi connectivity index (χ0v) is 9.83. The molecule has 1 N–H and O–H groups in total. The van der Waals surface area contributed by atoms with Gasteiger partial charge in [0.15, 0.2) is 5.82 Å². The van der Waals surface area contributed by atoms with Gasteiger partial charge in [0.25, 0.3) is 5.89 Å². The highest BCUT2D eigenvalue weighted by molar-refractivity contribution is 5.85. The number of nitrogens with one attached hydrogen (secondary N) is 1. The van der Waals surface area contributed by atoms with Crippen LogP contribution in [-0.2, 0) is 6.42 Å². The predicted octanol–water partition coefficient (Wildman–Crippen LogP) is 1.92. The third-order valence-electron chi connectivity index (χ3n) is 2.09. The van der Waals surface area contributed by atoms with Crippen molar-refractivity contribution in [1.29, 1.82) is 0 Å². The highest BCUT2D eigenvalue weighted by Crippen LogP contribution is 2.15. The van der Waals surface area contributed by atoms with Crippen LogP contribution in [0.1, 0.15) is 5.82 Å². The number of hydrogen-bond acceptors (Lipinski definition) is 4. The molecule has 1 aromatic carbocycles. The highest BCUT2D eigenvalue weighted by atomic mass is 35.5. The fraction of sp³-hybridized carbons (Fsp3) is 0.273. The molecule has 1 aromatic heterocycles. The first-order valence-electron chi connectivity index (χ1n) is 4.93. The van der Waals surface area contributed by atoms with Gasteiger partial charge >= 0.3 is 0 Å². The topological polar surface area (TPSA) is 51.0 Å². The van der Waals surface area contributed by atoms with Gasteiger partial charge in [0, 0.05) is 18.5 Å². The molecule has 0 saturated carbocycles. The van der Waals surface area contributed by atoms with Crippen LogP contribution >= 0.6 is 12.4 Å². The quantitative estimate of drug-likeness (QED) is 0.886. The molecule has 0 bridgehead atoms. The summed E-state index contributed by atoms with van der Waals surface area (Å²) in [4.78, 5) is 4.30. The van der Waals surface area contributed by atoms with E-state index >= 15 is 0 Å². The number of nitrogens with zero attached hydrogens (tertiary/aromatic N) is 2. The van der Waals surface area contributed by atoms with Gasteiger partial charge in [-0.2, -0.15) is 4.98 Å². The molecule has 16 heavy (non-hydrogen) atoms. The van der Waals surface area contributed by atoms with E-state index in [1.165, 1.54) is 0 Å². The second kappa shape index (κ2) is 6.25. The van der Waals surface area contributed by atoms with E-state index < -0.39 is 0 Å². The van der Waals surface area contributed by atoms with Crippen molar-refractivity contribution in [2.24, 2.45) is 0 Å². The highest BCUT2D eigenvalue weighted by Gasteiger charge is 2.06. The zero-order chi connectivity index (χ0) is 10.5. The van der Waals surface area contributed by atoms with Crippen molar-refractivity contribution in [1.82, 2.24) is 15.5 Å². The van der Waals surface area contributed by atoms with Gasteiger partial charge < -0.3 is 9.84 Å². The van der Waals surface area contributed by atoms with Crippen LogP contribution in [0.25, 0.3) is 11.5 Å². The Bertz CT molecular complexity index is 416. The van der Waals surface area contributed by atoms with Crippen molar-refractivity contribution < 1.29 is 4.52 Å². The van der Waals surface area contributed by atoms with Crippen molar-refractivity contribution >= 4 is 12.4 Å². The summed E-state index contributed by atoms with van der Waals surface area (Å²) in [5.41, 5.74) is 0.959. The van der Waals surface area contributed by atoms with Gasteiger partial charge in [-0.15, -0.1) is 12.4 Å². The molecule has 0 atom stereocenters. The first kappa shape index (κ1) is 12.7. The van der Waals surface area contributed by atoms with Gasteiger partial charge in [0.05, 0.1) is 0 Å². The zero-order valence-electron chi connectivity index (χ0n) is 9.01. The molecule has 0 aliphatic heterocycles. The largest absolute Gasteiger partial charge is 0.334 e. The minimum atomic E-state index is 0. The Labute approximate surface area is 100 Å². The Morgan fingerprint density at radius 3 is 2.69 bits per heavy atom. The second-order valence-electron chi connectivity index (χ2n) is 3.24. The van der Waals surface area contributed by atoms with Crippen LogP contribution in [0.3, 0.4) is 0 Å². The minimum Gasteiger partial charge on any atom is -0.334 e.